The van der Waals surface area contributed by atoms with Gasteiger partial charge in [-0.15, -0.1) is 21.5 Å². The maximum Gasteiger partial charge on any atom is 0.416 e. The van der Waals surface area contributed by atoms with Crippen LogP contribution >= 0.6 is 23.1 Å². The summed E-state index contributed by atoms with van der Waals surface area (Å²) in [6.45, 7) is 2.74. The van der Waals surface area contributed by atoms with Gasteiger partial charge in [-0.2, -0.15) is 13.2 Å². The van der Waals surface area contributed by atoms with Crippen LogP contribution in [0.3, 0.4) is 0 Å². The third-order valence-electron chi connectivity index (χ3n) is 5.10. The minimum Gasteiger partial charge on any atom is -0.348 e. The normalized spacial score (nSPS) is 11.5. The molecule has 4 rings (SSSR count). The summed E-state index contributed by atoms with van der Waals surface area (Å²) in [7, 11) is 0. The number of hydrogen-bond acceptors (Lipinski definition) is 5. The van der Waals surface area contributed by atoms with Gasteiger partial charge in [0.15, 0.2) is 11.0 Å². The molecule has 176 valence electrons. The van der Waals surface area contributed by atoms with E-state index in [-0.39, 0.29) is 12.5 Å². The first-order valence-corrected chi connectivity index (χ1v) is 12.4. The molecule has 4 aromatic rings. The number of thiophene rings is 1. The molecule has 1 N–H and O–H groups in total. The van der Waals surface area contributed by atoms with Gasteiger partial charge in [0, 0.05) is 24.4 Å². The highest BCUT2D eigenvalue weighted by Crippen LogP contribution is 2.30. The second-order valence-corrected chi connectivity index (χ2v) is 9.24. The molecule has 0 radical (unpaired) electrons. The lowest BCUT2D eigenvalue weighted by molar-refractivity contribution is -0.137. The number of aromatic nitrogens is 3. The number of nitrogens with zero attached hydrogens (tertiary/aromatic N) is 3. The number of benzene rings is 2. The van der Waals surface area contributed by atoms with Crippen LogP contribution in [0.1, 0.15) is 34.0 Å². The molecule has 34 heavy (non-hydrogen) atoms. The third-order valence-corrected chi connectivity index (χ3v) is 6.98. The van der Waals surface area contributed by atoms with Gasteiger partial charge in [0.1, 0.15) is 0 Å². The Morgan fingerprint density at radius 3 is 2.65 bits per heavy atom. The van der Waals surface area contributed by atoms with Crippen LogP contribution < -0.4 is 5.32 Å². The van der Waals surface area contributed by atoms with E-state index in [9.17, 15) is 18.0 Å². The van der Waals surface area contributed by atoms with Gasteiger partial charge in [0.25, 0.3) is 5.91 Å². The summed E-state index contributed by atoms with van der Waals surface area (Å²) in [6.07, 6.45) is -4.42. The van der Waals surface area contributed by atoms with Crippen LogP contribution in [0.5, 0.6) is 0 Å². The first-order chi connectivity index (χ1) is 16.4. The largest absolute Gasteiger partial charge is 0.416 e. The lowest BCUT2D eigenvalue weighted by atomic mass is 10.1. The van der Waals surface area contributed by atoms with E-state index in [1.54, 1.807) is 29.5 Å². The van der Waals surface area contributed by atoms with Gasteiger partial charge >= 0.3 is 6.18 Å². The van der Waals surface area contributed by atoms with Gasteiger partial charge in [0.05, 0.1) is 10.4 Å². The number of carbonyl (C=O) groups is 1. The summed E-state index contributed by atoms with van der Waals surface area (Å²) < 4.78 is 40.9. The predicted molar refractivity (Wildman–Crippen MR) is 128 cm³/mol. The van der Waals surface area contributed by atoms with Crippen LogP contribution in [0.25, 0.3) is 10.7 Å². The van der Waals surface area contributed by atoms with E-state index in [0.29, 0.717) is 23.4 Å². The Bertz CT molecular complexity index is 1270. The van der Waals surface area contributed by atoms with Crippen molar-refractivity contribution < 1.29 is 18.0 Å². The first kappa shape index (κ1) is 24.0. The zero-order chi connectivity index (χ0) is 24.1. The smallest absolute Gasteiger partial charge is 0.348 e. The molecule has 0 spiro atoms. The fraction of sp³-hybridized carbons (Fsp3) is 0.208. The van der Waals surface area contributed by atoms with Crippen LogP contribution in [-0.4, -0.2) is 20.7 Å². The Morgan fingerprint density at radius 1 is 1.09 bits per heavy atom. The van der Waals surface area contributed by atoms with E-state index in [2.05, 4.69) is 15.5 Å². The first-order valence-electron chi connectivity index (χ1n) is 10.5. The van der Waals surface area contributed by atoms with E-state index < -0.39 is 11.7 Å². The van der Waals surface area contributed by atoms with Gasteiger partial charge in [0.2, 0.25) is 0 Å². The van der Waals surface area contributed by atoms with E-state index in [0.717, 1.165) is 33.6 Å². The van der Waals surface area contributed by atoms with E-state index in [4.69, 9.17) is 0 Å². The molecule has 0 aliphatic heterocycles. The number of rotatable bonds is 8. The second-order valence-electron chi connectivity index (χ2n) is 7.35. The molecule has 5 nitrogen and oxygen atoms in total. The minimum absolute atomic E-state index is 0.00142. The summed E-state index contributed by atoms with van der Waals surface area (Å²) in [5.74, 6) is 0.965. The highest BCUT2D eigenvalue weighted by Gasteiger charge is 2.30. The van der Waals surface area contributed by atoms with E-state index in [1.807, 2.05) is 41.1 Å². The molecule has 2 aromatic heterocycles. The number of halogens is 3. The van der Waals surface area contributed by atoms with Gasteiger partial charge in [-0.25, -0.2) is 0 Å². The molecular weight excluding hydrogens is 481 g/mol. The average Bonchev–Trinajstić information content (AvgIpc) is 3.50. The molecule has 2 heterocycles. The molecule has 2 aromatic carbocycles. The quantitative estimate of drug-likeness (QED) is 0.289. The van der Waals surface area contributed by atoms with Crippen molar-refractivity contribution in [1.29, 1.82) is 0 Å². The van der Waals surface area contributed by atoms with Crippen molar-refractivity contribution in [1.82, 2.24) is 20.1 Å². The van der Waals surface area contributed by atoms with Crippen LogP contribution in [0.15, 0.2) is 71.2 Å². The predicted octanol–water partition coefficient (Wildman–Crippen LogP) is 6.27. The molecule has 0 saturated carbocycles. The lowest BCUT2D eigenvalue weighted by Gasteiger charge is -2.12. The van der Waals surface area contributed by atoms with Gasteiger partial charge in [-0.3, -0.25) is 4.79 Å². The van der Waals surface area contributed by atoms with E-state index >= 15 is 0 Å². The minimum atomic E-state index is -4.42. The molecule has 0 atom stereocenters. The standard InChI is InChI=1S/C24H21F3N4OS2/c1-2-31-21(20-11-6-12-33-20)29-30-23(31)34-15-17-8-3-4-10-19(17)22(32)28-14-16-7-5-9-18(13-16)24(25,26)27/h3-13H,2,14-15H2,1H3,(H,28,32). The SMILES string of the molecule is CCn1c(SCc2ccccc2C(=O)NCc2cccc(C(F)(F)F)c2)nnc1-c1cccs1. The zero-order valence-electron chi connectivity index (χ0n) is 18.2. The highest BCUT2D eigenvalue weighted by atomic mass is 32.2. The maximum atomic E-state index is 12.9. The van der Waals surface area contributed by atoms with Crippen LogP contribution in [0.4, 0.5) is 13.2 Å². The van der Waals surface area contributed by atoms with Crippen LogP contribution in [-0.2, 0) is 25.0 Å². The summed E-state index contributed by atoms with van der Waals surface area (Å²) >= 11 is 3.08. The summed E-state index contributed by atoms with van der Waals surface area (Å²) in [4.78, 5) is 13.9. The number of alkyl halides is 3. The summed E-state index contributed by atoms with van der Waals surface area (Å²) in [5.41, 5.74) is 0.922. The molecule has 0 bridgehead atoms. The van der Waals surface area contributed by atoms with Crippen LogP contribution in [0, 0.1) is 0 Å². The molecule has 0 aliphatic carbocycles. The van der Waals surface area contributed by atoms with Crippen molar-refractivity contribution in [3.8, 4) is 10.7 Å². The molecule has 0 fully saturated rings. The van der Waals surface area contributed by atoms with Crippen molar-refractivity contribution in [3.63, 3.8) is 0 Å². The van der Waals surface area contributed by atoms with E-state index in [1.165, 1.54) is 17.8 Å². The number of thioether (sulfide) groups is 1. The summed E-state index contributed by atoms with van der Waals surface area (Å²) in [5, 5.41) is 14.1. The fourth-order valence-corrected chi connectivity index (χ4v) is 5.14. The Hall–Kier alpha value is -3.11. The zero-order valence-corrected chi connectivity index (χ0v) is 19.8. The average molecular weight is 503 g/mol. The fourth-order valence-electron chi connectivity index (χ4n) is 3.41. The summed E-state index contributed by atoms with van der Waals surface area (Å²) in [6, 6.07) is 16.1. The lowest BCUT2D eigenvalue weighted by Crippen LogP contribution is -2.24. The maximum absolute atomic E-state index is 12.9. The van der Waals surface area contributed by atoms with Crippen molar-refractivity contribution in [2.45, 2.75) is 37.1 Å². The van der Waals surface area contributed by atoms with Crippen LogP contribution in [0.2, 0.25) is 0 Å². The number of amides is 1. The van der Waals surface area contributed by atoms with Crippen molar-refractivity contribution in [2.24, 2.45) is 0 Å². The molecule has 0 saturated heterocycles. The molecule has 10 heteroatoms. The number of nitrogens with one attached hydrogen (secondary N) is 1. The Labute approximate surface area is 203 Å². The topological polar surface area (TPSA) is 59.8 Å². The Morgan fingerprint density at radius 2 is 1.91 bits per heavy atom. The Balaban J connectivity index is 1.45. The van der Waals surface area contributed by atoms with Crippen molar-refractivity contribution >= 4 is 29.0 Å². The van der Waals surface area contributed by atoms with Crippen molar-refractivity contribution in [3.05, 3.63) is 88.3 Å². The molecular formula is C24H21F3N4OS2. The van der Waals surface area contributed by atoms with Crippen molar-refractivity contribution in [2.75, 3.05) is 0 Å². The van der Waals surface area contributed by atoms with Gasteiger partial charge in [-0.1, -0.05) is 48.2 Å². The molecule has 0 unspecified atom stereocenters. The monoisotopic (exact) mass is 502 g/mol. The highest BCUT2D eigenvalue weighted by molar-refractivity contribution is 7.98. The molecule has 1 amide bonds. The molecule has 0 aliphatic rings. The Kier molecular flexibility index (Phi) is 7.38. The number of carbonyl (C=O) groups excluding carboxylic acids is 1. The van der Waals surface area contributed by atoms with Gasteiger partial charge < -0.3 is 9.88 Å². The second kappa shape index (κ2) is 10.4. The van der Waals surface area contributed by atoms with Gasteiger partial charge in [-0.05, 0) is 47.7 Å². The number of hydrogen-bond donors (Lipinski definition) is 1. The third kappa shape index (κ3) is 5.51.